The van der Waals surface area contributed by atoms with Gasteiger partial charge in [-0.1, -0.05) is 12.1 Å². The van der Waals surface area contributed by atoms with E-state index in [1.165, 1.54) is 12.0 Å². The standard InChI is InChI=1S/C21H26N2O3/c1-25-18-11-9-16(10-12-18)7-8-17-5-4-14-23(15-17)21(24)19-6-3-13-22-20(19)26-2/h3,6,9-13,17H,4-5,7-8,14-15H2,1-2H3/t17-/m0/s1. The molecule has 0 spiro atoms. The molecule has 1 aromatic heterocycles. The molecule has 0 N–H and O–H groups in total. The van der Waals surface area contributed by atoms with Crippen molar-refractivity contribution in [1.82, 2.24) is 9.88 Å². The molecule has 1 aliphatic rings. The van der Waals surface area contributed by atoms with Crippen LogP contribution < -0.4 is 9.47 Å². The number of hydrogen-bond acceptors (Lipinski definition) is 4. The van der Waals surface area contributed by atoms with Crippen LogP contribution in [0.5, 0.6) is 11.6 Å². The fraction of sp³-hybridized carbons (Fsp3) is 0.429. The lowest BCUT2D eigenvalue weighted by atomic mass is 9.91. The van der Waals surface area contributed by atoms with Gasteiger partial charge in [-0.3, -0.25) is 4.79 Å². The molecule has 0 aliphatic carbocycles. The maximum Gasteiger partial charge on any atom is 0.259 e. The van der Waals surface area contributed by atoms with E-state index < -0.39 is 0 Å². The van der Waals surface area contributed by atoms with Gasteiger partial charge in [0, 0.05) is 19.3 Å². The fourth-order valence-electron chi connectivity index (χ4n) is 3.53. The van der Waals surface area contributed by atoms with Gasteiger partial charge in [0.1, 0.15) is 11.3 Å². The van der Waals surface area contributed by atoms with Crippen molar-refractivity contribution in [1.29, 1.82) is 0 Å². The van der Waals surface area contributed by atoms with E-state index in [2.05, 4.69) is 17.1 Å². The molecule has 1 fully saturated rings. The second-order valence-corrected chi connectivity index (χ2v) is 6.71. The zero-order chi connectivity index (χ0) is 18.4. The van der Waals surface area contributed by atoms with Crippen molar-refractivity contribution in [3.63, 3.8) is 0 Å². The molecule has 0 bridgehead atoms. The third-order valence-electron chi connectivity index (χ3n) is 5.00. The summed E-state index contributed by atoms with van der Waals surface area (Å²) in [4.78, 5) is 19.0. The van der Waals surface area contributed by atoms with Gasteiger partial charge in [0.15, 0.2) is 0 Å². The summed E-state index contributed by atoms with van der Waals surface area (Å²) in [5.41, 5.74) is 1.86. The number of hydrogen-bond donors (Lipinski definition) is 0. The van der Waals surface area contributed by atoms with Crippen molar-refractivity contribution in [3.8, 4) is 11.6 Å². The Bertz CT molecular complexity index is 730. The number of pyridine rings is 1. The summed E-state index contributed by atoms with van der Waals surface area (Å²) >= 11 is 0. The van der Waals surface area contributed by atoms with Gasteiger partial charge in [-0.05, 0) is 61.4 Å². The van der Waals surface area contributed by atoms with Crippen LogP contribution in [-0.4, -0.2) is 43.1 Å². The van der Waals surface area contributed by atoms with Crippen molar-refractivity contribution in [2.75, 3.05) is 27.3 Å². The highest BCUT2D eigenvalue weighted by Gasteiger charge is 2.26. The first-order chi connectivity index (χ1) is 12.7. The third kappa shape index (κ3) is 4.34. The first kappa shape index (κ1) is 18.2. The van der Waals surface area contributed by atoms with E-state index in [4.69, 9.17) is 9.47 Å². The van der Waals surface area contributed by atoms with Crippen LogP contribution in [0.2, 0.25) is 0 Å². The molecular formula is C21H26N2O3. The Morgan fingerprint density at radius 1 is 1.19 bits per heavy atom. The summed E-state index contributed by atoms with van der Waals surface area (Å²) < 4.78 is 10.4. The first-order valence-corrected chi connectivity index (χ1v) is 9.12. The van der Waals surface area contributed by atoms with Gasteiger partial charge in [-0.25, -0.2) is 4.98 Å². The third-order valence-corrected chi connectivity index (χ3v) is 5.00. The summed E-state index contributed by atoms with van der Waals surface area (Å²) in [6, 6.07) is 11.8. The number of piperidine rings is 1. The van der Waals surface area contributed by atoms with Gasteiger partial charge in [-0.15, -0.1) is 0 Å². The zero-order valence-electron chi connectivity index (χ0n) is 15.5. The number of nitrogens with zero attached hydrogens (tertiary/aromatic N) is 2. The Labute approximate surface area is 155 Å². The fourth-order valence-corrected chi connectivity index (χ4v) is 3.53. The summed E-state index contributed by atoms with van der Waals surface area (Å²) in [6.07, 6.45) is 5.96. The van der Waals surface area contributed by atoms with Crippen molar-refractivity contribution < 1.29 is 14.3 Å². The van der Waals surface area contributed by atoms with Gasteiger partial charge in [0.05, 0.1) is 14.2 Å². The molecule has 1 aromatic carbocycles. The molecule has 26 heavy (non-hydrogen) atoms. The van der Waals surface area contributed by atoms with Crippen LogP contribution >= 0.6 is 0 Å². The number of likely N-dealkylation sites (tertiary alicyclic amines) is 1. The minimum absolute atomic E-state index is 0.0177. The molecule has 5 nitrogen and oxygen atoms in total. The largest absolute Gasteiger partial charge is 0.497 e. The van der Waals surface area contributed by atoms with Crippen LogP contribution in [0.3, 0.4) is 0 Å². The van der Waals surface area contributed by atoms with E-state index in [1.807, 2.05) is 17.0 Å². The van der Waals surface area contributed by atoms with E-state index in [-0.39, 0.29) is 5.91 Å². The van der Waals surface area contributed by atoms with Crippen LogP contribution in [0.4, 0.5) is 0 Å². The van der Waals surface area contributed by atoms with Crippen LogP contribution in [-0.2, 0) is 6.42 Å². The predicted octanol–water partition coefficient (Wildman–Crippen LogP) is 3.58. The van der Waals surface area contributed by atoms with Crippen molar-refractivity contribution >= 4 is 5.91 Å². The van der Waals surface area contributed by atoms with Gasteiger partial charge in [-0.2, -0.15) is 0 Å². The van der Waals surface area contributed by atoms with Gasteiger partial charge < -0.3 is 14.4 Å². The summed E-state index contributed by atoms with van der Waals surface area (Å²) in [7, 11) is 3.23. The minimum atomic E-state index is 0.0177. The molecule has 0 saturated carbocycles. The SMILES string of the molecule is COc1ccc(CC[C@@H]2CCCN(C(=O)c3cccnc3OC)C2)cc1. The van der Waals surface area contributed by atoms with Gasteiger partial charge in [0.25, 0.3) is 5.91 Å². The van der Waals surface area contributed by atoms with E-state index in [9.17, 15) is 4.79 Å². The lowest BCUT2D eigenvalue weighted by Crippen LogP contribution is -2.40. The number of aromatic nitrogens is 1. The van der Waals surface area contributed by atoms with Gasteiger partial charge in [0.2, 0.25) is 5.88 Å². The maximum absolute atomic E-state index is 12.9. The Balaban J connectivity index is 1.59. The minimum Gasteiger partial charge on any atom is -0.497 e. The number of benzene rings is 1. The highest BCUT2D eigenvalue weighted by atomic mass is 16.5. The smallest absolute Gasteiger partial charge is 0.259 e. The number of carbonyl (C=O) groups excluding carboxylic acids is 1. The molecule has 5 heteroatoms. The topological polar surface area (TPSA) is 51.7 Å². The summed E-state index contributed by atoms with van der Waals surface area (Å²) in [5, 5.41) is 0. The Morgan fingerprint density at radius 2 is 2.00 bits per heavy atom. The van der Waals surface area contributed by atoms with Crippen LogP contribution in [0.1, 0.15) is 35.2 Å². The quantitative estimate of drug-likeness (QED) is 0.796. The molecule has 1 aliphatic heterocycles. The number of carbonyl (C=O) groups is 1. The molecule has 2 aromatic rings. The monoisotopic (exact) mass is 354 g/mol. The number of ether oxygens (including phenoxy) is 2. The van der Waals surface area contributed by atoms with Crippen LogP contribution in [0, 0.1) is 5.92 Å². The number of aryl methyl sites for hydroxylation is 1. The molecule has 0 radical (unpaired) electrons. The number of methoxy groups -OCH3 is 2. The highest BCUT2D eigenvalue weighted by molar-refractivity contribution is 5.96. The second-order valence-electron chi connectivity index (χ2n) is 6.71. The van der Waals surface area contributed by atoms with E-state index in [0.29, 0.717) is 17.4 Å². The van der Waals surface area contributed by atoms with Crippen molar-refractivity contribution in [2.24, 2.45) is 5.92 Å². The molecule has 1 saturated heterocycles. The summed E-state index contributed by atoms with van der Waals surface area (Å²) in [5.74, 6) is 1.83. The Kier molecular flexibility index (Phi) is 6.10. The molecule has 1 atom stereocenters. The first-order valence-electron chi connectivity index (χ1n) is 9.12. The second kappa shape index (κ2) is 8.70. The summed E-state index contributed by atoms with van der Waals surface area (Å²) in [6.45, 7) is 1.60. The van der Waals surface area contributed by atoms with Crippen LogP contribution in [0.15, 0.2) is 42.6 Å². The predicted molar refractivity (Wildman–Crippen MR) is 101 cm³/mol. The molecule has 0 unspecified atom stereocenters. The van der Waals surface area contributed by atoms with Gasteiger partial charge >= 0.3 is 0 Å². The Hall–Kier alpha value is -2.56. The average molecular weight is 354 g/mol. The maximum atomic E-state index is 12.9. The van der Waals surface area contributed by atoms with E-state index in [0.717, 1.165) is 38.1 Å². The molecule has 1 amide bonds. The Morgan fingerprint density at radius 3 is 2.73 bits per heavy atom. The van der Waals surface area contributed by atoms with Crippen molar-refractivity contribution in [2.45, 2.75) is 25.7 Å². The lowest BCUT2D eigenvalue weighted by Gasteiger charge is -2.33. The molecule has 2 heterocycles. The molecule has 138 valence electrons. The van der Waals surface area contributed by atoms with Crippen LogP contribution in [0.25, 0.3) is 0 Å². The lowest BCUT2D eigenvalue weighted by molar-refractivity contribution is 0.0664. The van der Waals surface area contributed by atoms with E-state index >= 15 is 0 Å². The number of amides is 1. The molecule has 3 rings (SSSR count). The zero-order valence-corrected chi connectivity index (χ0v) is 15.5. The number of rotatable bonds is 6. The van der Waals surface area contributed by atoms with Crippen molar-refractivity contribution in [3.05, 3.63) is 53.7 Å². The average Bonchev–Trinajstić information content (AvgIpc) is 2.72. The highest BCUT2D eigenvalue weighted by Crippen LogP contribution is 2.25. The molecular weight excluding hydrogens is 328 g/mol. The van der Waals surface area contributed by atoms with E-state index in [1.54, 1.807) is 32.5 Å². The normalized spacial score (nSPS) is 17.0.